The molecule has 2 aromatic rings. The number of pyridine rings is 1. The van der Waals surface area contributed by atoms with E-state index >= 15 is 0 Å². The van der Waals surface area contributed by atoms with Crippen LogP contribution in [0.15, 0.2) is 12.1 Å². The molecule has 0 aliphatic rings. The third-order valence-corrected chi connectivity index (χ3v) is 3.48. The number of fused-ring (bicyclic) bond motifs is 1. The molecule has 4 nitrogen and oxygen atoms in total. The molecule has 0 fully saturated rings. The van der Waals surface area contributed by atoms with E-state index in [1.165, 1.54) is 18.4 Å². The first-order chi connectivity index (χ1) is 7.67. The van der Waals surface area contributed by atoms with E-state index in [2.05, 4.69) is 9.72 Å². The number of rotatable bonds is 2. The Kier molecular flexibility index (Phi) is 2.78. The summed E-state index contributed by atoms with van der Waals surface area (Å²) in [6.07, 6.45) is 0.862. The van der Waals surface area contributed by atoms with Crippen LogP contribution in [0.1, 0.15) is 22.3 Å². The van der Waals surface area contributed by atoms with E-state index in [1.807, 2.05) is 19.1 Å². The van der Waals surface area contributed by atoms with Crippen molar-refractivity contribution in [2.45, 2.75) is 13.3 Å². The predicted molar refractivity (Wildman–Crippen MR) is 64.7 cm³/mol. The summed E-state index contributed by atoms with van der Waals surface area (Å²) < 4.78 is 4.67. The predicted octanol–water partition coefficient (Wildman–Crippen LogP) is 2.23. The molecule has 0 saturated heterocycles. The fourth-order valence-corrected chi connectivity index (χ4v) is 2.51. The Hall–Kier alpha value is -1.62. The molecule has 0 amide bonds. The van der Waals surface area contributed by atoms with E-state index in [0.29, 0.717) is 10.6 Å². The lowest BCUT2D eigenvalue weighted by molar-refractivity contribution is 0.0607. The summed E-state index contributed by atoms with van der Waals surface area (Å²) in [7, 11) is 1.34. The molecule has 0 aliphatic heterocycles. The molecule has 0 unspecified atom stereocenters. The van der Waals surface area contributed by atoms with E-state index in [9.17, 15) is 4.79 Å². The summed E-state index contributed by atoms with van der Waals surface area (Å²) in [6.45, 7) is 2.03. The molecule has 84 valence electrons. The summed E-state index contributed by atoms with van der Waals surface area (Å²) in [6, 6.07) is 3.83. The molecule has 5 heteroatoms. The van der Waals surface area contributed by atoms with Gasteiger partial charge in [0, 0.05) is 11.1 Å². The molecule has 2 heterocycles. The number of methoxy groups -OCH3 is 1. The molecule has 0 bridgehead atoms. The van der Waals surface area contributed by atoms with Gasteiger partial charge in [-0.3, -0.25) is 0 Å². The van der Waals surface area contributed by atoms with Crippen LogP contribution in [0.5, 0.6) is 0 Å². The standard InChI is InChI=1S/C11H12N2O2S/c1-3-6-4-5-7-8(12)9(11(14)15-2)16-10(7)13-6/h4-5H,3,12H2,1-2H3. The monoisotopic (exact) mass is 236 g/mol. The minimum Gasteiger partial charge on any atom is -0.465 e. The number of ether oxygens (including phenoxy) is 1. The average Bonchev–Trinajstić information content (AvgIpc) is 2.65. The Labute approximate surface area is 97.0 Å². The first-order valence-electron chi connectivity index (χ1n) is 4.93. The van der Waals surface area contributed by atoms with E-state index in [-0.39, 0.29) is 0 Å². The second-order valence-corrected chi connectivity index (χ2v) is 4.34. The second-order valence-electron chi connectivity index (χ2n) is 3.35. The normalized spacial score (nSPS) is 10.6. The Morgan fingerprint density at radius 3 is 2.94 bits per heavy atom. The molecular weight excluding hydrogens is 224 g/mol. The SMILES string of the molecule is CCc1ccc2c(N)c(C(=O)OC)sc2n1. The second kappa shape index (κ2) is 4.09. The Morgan fingerprint density at radius 1 is 1.56 bits per heavy atom. The van der Waals surface area contributed by atoms with Gasteiger partial charge in [0.1, 0.15) is 9.71 Å². The molecule has 0 atom stereocenters. The molecule has 0 aliphatic carbocycles. The number of carbonyl (C=O) groups is 1. The molecular formula is C11H12N2O2S. The van der Waals surface area contributed by atoms with Crippen molar-refractivity contribution in [1.82, 2.24) is 4.98 Å². The number of thiophene rings is 1. The third kappa shape index (κ3) is 1.63. The van der Waals surface area contributed by atoms with Crippen molar-refractivity contribution in [3.05, 3.63) is 22.7 Å². The van der Waals surface area contributed by atoms with Crippen molar-refractivity contribution >= 4 is 33.2 Å². The Morgan fingerprint density at radius 2 is 2.31 bits per heavy atom. The highest BCUT2D eigenvalue weighted by Gasteiger charge is 2.17. The maximum Gasteiger partial charge on any atom is 0.350 e. The molecule has 0 aromatic carbocycles. The maximum absolute atomic E-state index is 11.4. The van der Waals surface area contributed by atoms with Crippen molar-refractivity contribution in [1.29, 1.82) is 0 Å². The number of aromatic nitrogens is 1. The van der Waals surface area contributed by atoms with E-state index in [4.69, 9.17) is 5.73 Å². The molecule has 0 radical (unpaired) electrons. The first kappa shape index (κ1) is 10.9. The van der Waals surface area contributed by atoms with Gasteiger partial charge in [-0.2, -0.15) is 0 Å². The van der Waals surface area contributed by atoms with Gasteiger partial charge < -0.3 is 10.5 Å². The van der Waals surface area contributed by atoms with Crippen LogP contribution in [0, 0.1) is 0 Å². The summed E-state index contributed by atoms with van der Waals surface area (Å²) in [5, 5.41) is 0.822. The number of nitrogen functional groups attached to an aromatic ring is 1. The Balaban J connectivity index is 2.63. The van der Waals surface area contributed by atoms with Gasteiger partial charge in [-0.1, -0.05) is 6.92 Å². The van der Waals surface area contributed by atoms with Gasteiger partial charge in [-0.15, -0.1) is 11.3 Å². The van der Waals surface area contributed by atoms with Crippen LogP contribution >= 0.6 is 11.3 Å². The summed E-state index contributed by atoms with van der Waals surface area (Å²) in [5.74, 6) is -0.404. The average molecular weight is 236 g/mol. The van der Waals surface area contributed by atoms with Crippen LogP contribution in [-0.4, -0.2) is 18.1 Å². The first-order valence-corrected chi connectivity index (χ1v) is 5.75. The van der Waals surface area contributed by atoms with Crippen LogP contribution in [0.3, 0.4) is 0 Å². The van der Waals surface area contributed by atoms with Gasteiger partial charge in [0.25, 0.3) is 0 Å². The highest BCUT2D eigenvalue weighted by Crippen LogP contribution is 2.32. The van der Waals surface area contributed by atoms with Gasteiger partial charge >= 0.3 is 5.97 Å². The molecule has 0 spiro atoms. The van der Waals surface area contributed by atoms with Crippen LogP contribution in [-0.2, 0) is 11.2 Å². The fraction of sp³-hybridized carbons (Fsp3) is 0.273. The zero-order valence-electron chi connectivity index (χ0n) is 9.11. The Bertz CT molecular complexity index is 548. The number of esters is 1. The topological polar surface area (TPSA) is 65.2 Å². The zero-order valence-corrected chi connectivity index (χ0v) is 9.93. The summed E-state index contributed by atoms with van der Waals surface area (Å²) in [4.78, 5) is 17.1. The fourth-order valence-electron chi connectivity index (χ4n) is 1.48. The van der Waals surface area contributed by atoms with E-state index < -0.39 is 5.97 Å². The lowest BCUT2D eigenvalue weighted by Gasteiger charge is -1.96. The smallest absolute Gasteiger partial charge is 0.350 e. The number of carbonyl (C=O) groups excluding carboxylic acids is 1. The lowest BCUT2D eigenvalue weighted by Crippen LogP contribution is -2.01. The van der Waals surface area contributed by atoms with Gasteiger partial charge in [-0.05, 0) is 18.6 Å². The lowest BCUT2D eigenvalue weighted by atomic mass is 10.2. The van der Waals surface area contributed by atoms with Crippen LogP contribution in [0.4, 0.5) is 5.69 Å². The maximum atomic E-state index is 11.4. The molecule has 2 N–H and O–H groups in total. The van der Waals surface area contributed by atoms with Crippen molar-refractivity contribution < 1.29 is 9.53 Å². The van der Waals surface area contributed by atoms with Crippen LogP contribution < -0.4 is 5.73 Å². The third-order valence-electron chi connectivity index (χ3n) is 2.38. The minimum atomic E-state index is -0.404. The minimum absolute atomic E-state index is 0.404. The molecule has 2 aromatic heterocycles. The van der Waals surface area contributed by atoms with E-state index in [1.54, 1.807) is 0 Å². The number of aryl methyl sites for hydroxylation is 1. The van der Waals surface area contributed by atoms with Crippen molar-refractivity contribution in [3.8, 4) is 0 Å². The van der Waals surface area contributed by atoms with Gasteiger partial charge in [0.15, 0.2) is 0 Å². The molecule has 0 saturated carbocycles. The van der Waals surface area contributed by atoms with Gasteiger partial charge in [0.05, 0.1) is 12.8 Å². The number of hydrogen-bond donors (Lipinski definition) is 1. The highest BCUT2D eigenvalue weighted by atomic mass is 32.1. The molecule has 16 heavy (non-hydrogen) atoms. The number of nitrogens with two attached hydrogens (primary N) is 1. The number of hydrogen-bond acceptors (Lipinski definition) is 5. The zero-order chi connectivity index (χ0) is 11.7. The van der Waals surface area contributed by atoms with Crippen molar-refractivity contribution in [2.75, 3.05) is 12.8 Å². The number of anilines is 1. The van der Waals surface area contributed by atoms with Gasteiger partial charge in [-0.25, -0.2) is 9.78 Å². The van der Waals surface area contributed by atoms with Crippen molar-refractivity contribution in [2.24, 2.45) is 0 Å². The molecule has 2 rings (SSSR count). The van der Waals surface area contributed by atoms with E-state index in [0.717, 1.165) is 22.3 Å². The number of nitrogens with zero attached hydrogens (tertiary/aromatic N) is 1. The largest absolute Gasteiger partial charge is 0.465 e. The quantitative estimate of drug-likeness (QED) is 0.812. The van der Waals surface area contributed by atoms with Crippen LogP contribution in [0.25, 0.3) is 10.2 Å². The van der Waals surface area contributed by atoms with Crippen LogP contribution in [0.2, 0.25) is 0 Å². The summed E-state index contributed by atoms with van der Waals surface area (Å²) >= 11 is 1.28. The highest BCUT2D eigenvalue weighted by molar-refractivity contribution is 7.21. The van der Waals surface area contributed by atoms with Crippen molar-refractivity contribution in [3.63, 3.8) is 0 Å². The summed E-state index contributed by atoms with van der Waals surface area (Å²) in [5.41, 5.74) is 7.33. The van der Waals surface area contributed by atoms with Gasteiger partial charge in [0.2, 0.25) is 0 Å².